The molecule has 19 nitrogen and oxygen atoms in total. The summed E-state index contributed by atoms with van der Waals surface area (Å²) in [6.45, 7) is 12.6. The second-order valence-electron chi connectivity index (χ2n) is 17.4. The number of hydrogen-bond acceptors (Lipinski definition) is 13. The van der Waals surface area contributed by atoms with Crippen LogP contribution in [0.5, 0.6) is 0 Å². The van der Waals surface area contributed by atoms with Crippen molar-refractivity contribution in [1.29, 1.82) is 0 Å². The zero-order valence-corrected chi connectivity index (χ0v) is 38.0. The van der Waals surface area contributed by atoms with Crippen LogP contribution < -0.4 is 0 Å². The highest BCUT2D eigenvalue weighted by Gasteiger charge is 2.55. The number of rotatable bonds is 20. The summed E-state index contributed by atoms with van der Waals surface area (Å²) in [7, 11) is -1.58. The van der Waals surface area contributed by atoms with Crippen molar-refractivity contribution in [3.05, 3.63) is 139 Å². The van der Waals surface area contributed by atoms with E-state index in [9.17, 15) is 21.7 Å². The number of benzene rings is 3. The Balaban J connectivity index is 1.39. The Labute approximate surface area is 374 Å². The van der Waals surface area contributed by atoms with E-state index < -0.39 is 100 Å². The number of azide groups is 3. The van der Waals surface area contributed by atoms with Gasteiger partial charge in [0.25, 0.3) is 0 Å². The molecule has 0 amide bonds. The van der Waals surface area contributed by atoms with Crippen LogP contribution in [0.3, 0.4) is 0 Å². The number of nitrogens with zero attached hydrogens (tertiary/aromatic N) is 9. The summed E-state index contributed by atoms with van der Waals surface area (Å²) < 4.78 is 59.1. The summed E-state index contributed by atoms with van der Waals surface area (Å²) in [6, 6.07) is 26.4. The number of hydrogen-bond donors (Lipinski definition) is 1. The van der Waals surface area contributed by atoms with E-state index in [1.54, 1.807) is 20.8 Å². The largest absolute Gasteiger partial charge is 0.385 e. The smallest absolute Gasteiger partial charge is 0.187 e. The summed E-state index contributed by atoms with van der Waals surface area (Å²) in [5, 5.41) is 24.3. The highest BCUT2D eigenvalue weighted by atomic mass is 28.3. The molecule has 3 aliphatic rings. The molecule has 0 spiro atoms. The molecule has 0 bridgehead atoms. The maximum Gasteiger partial charge on any atom is 0.187 e. The van der Waals surface area contributed by atoms with E-state index in [1.807, 2.05) is 91.0 Å². The van der Waals surface area contributed by atoms with Gasteiger partial charge < -0.3 is 47.7 Å². The van der Waals surface area contributed by atoms with Gasteiger partial charge in [0.05, 0.1) is 62.4 Å². The van der Waals surface area contributed by atoms with E-state index in [-0.39, 0.29) is 19.8 Å². The van der Waals surface area contributed by atoms with Crippen molar-refractivity contribution in [1.82, 2.24) is 0 Å². The SMILES string of the molecule is C[C@H]1O[C@H](O[C@@H]2[C@@H](O[C@@H]3[C@@H](OCC[Si](C)(C)C)O[C@H](C)[C@@H](N=[N+]=[N-])[C@@H]3OCc3ccccc3)O[C@H](C)[C@@H](N=[N+]=[N-])[C@@H]2OCc2ccccc2)[C@@H](O)[C@@H](OCc2ccccc2)[C@@H]1N=[N+]=[N-]. The minimum Gasteiger partial charge on any atom is -0.385 e. The Morgan fingerprint density at radius 1 is 0.516 bits per heavy atom. The molecule has 0 radical (unpaired) electrons. The van der Waals surface area contributed by atoms with Gasteiger partial charge in [-0.25, -0.2) is 0 Å². The summed E-state index contributed by atoms with van der Waals surface area (Å²) in [4.78, 5) is 9.33. The van der Waals surface area contributed by atoms with Crippen molar-refractivity contribution in [3.8, 4) is 0 Å². The van der Waals surface area contributed by atoms with Crippen LogP contribution in [-0.4, -0.2) is 112 Å². The summed E-state index contributed by atoms with van der Waals surface area (Å²) in [5.74, 6) is 0. The van der Waals surface area contributed by atoms with E-state index >= 15 is 0 Å². The van der Waals surface area contributed by atoms with Gasteiger partial charge in [0.2, 0.25) is 0 Å². The van der Waals surface area contributed by atoms with Crippen LogP contribution in [0.25, 0.3) is 31.3 Å². The normalized spacial score (nSPS) is 33.0. The van der Waals surface area contributed by atoms with Crippen molar-refractivity contribution in [2.75, 3.05) is 6.61 Å². The van der Waals surface area contributed by atoms with Gasteiger partial charge in [0.15, 0.2) is 18.9 Å². The Kier molecular flexibility index (Phi) is 18.0. The fourth-order valence-electron chi connectivity index (χ4n) is 7.94. The Bertz CT molecular complexity index is 2040. The Morgan fingerprint density at radius 3 is 1.30 bits per heavy atom. The molecule has 0 aromatic heterocycles. The lowest BCUT2D eigenvalue weighted by Crippen LogP contribution is -2.66. The zero-order chi connectivity index (χ0) is 45.6. The fraction of sp³-hybridized carbons (Fsp3) is 0.591. The molecule has 3 aromatic carbocycles. The van der Waals surface area contributed by atoms with Gasteiger partial charge >= 0.3 is 0 Å². The molecule has 3 aromatic rings. The van der Waals surface area contributed by atoms with E-state index in [4.69, 9.17) is 42.6 Å². The molecule has 3 saturated heterocycles. The van der Waals surface area contributed by atoms with Crippen LogP contribution in [0.4, 0.5) is 0 Å². The van der Waals surface area contributed by atoms with Crippen LogP contribution >= 0.6 is 0 Å². The first-order chi connectivity index (χ1) is 30.9. The summed E-state index contributed by atoms with van der Waals surface area (Å²) in [5.41, 5.74) is 31.7. The molecule has 64 heavy (non-hydrogen) atoms. The summed E-state index contributed by atoms with van der Waals surface area (Å²) >= 11 is 0. The molecule has 1 N–H and O–H groups in total. The molecule has 0 unspecified atom stereocenters. The molecular weight excluding hydrogens is 843 g/mol. The van der Waals surface area contributed by atoms with Crippen LogP contribution in [0.2, 0.25) is 25.7 Å². The molecule has 0 saturated carbocycles. The maximum atomic E-state index is 12.1. The number of ether oxygens (including phenoxy) is 9. The third kappa shape index (κ3) is 13.0. The molecule has 3 heterocycles. The van der Waals surface area contributed by atoms with Gasteiger partial charge in [0, 0.05) is 29.4 Å². The lowest BCUT2D eigenvalue weighted by molar-refractivity contribution is -0.378. The molecule has 15 atom stereocenters. The van der Waals surface area contributed by atoms with Gasteiger partial charge in [0.1, 0.15) is 30.5 Å². The predicted molar refractivity (Wildman–Crippen MR) is 237 cm³/mol. The first-order valence-corrected chi connectivity index (χ1v) is 25.3. The zero-order valence-electron chi connectivity index (χ0n) is 37.0. The van der Waals surface area contributed by atoms with Crippen molar-refractivity contribution in [2.45, 2.75) is 158 Å². The van der Waals surface area contributed by atoms with E-state index in [0.29, 0.717) is 6.61 Å². The summed E-state index contributed by atoms with van der Waals surface area (Å²) in [6.07, 6.45) is -13.1. The van der Waals surface area contributed by atoms with Crippen LogP contribution in [0.1, 0.15) is 37.5 Å². The van der Waals surface area contributed by atoms with Gasteiger partial charge in [-0.05, 0) is 60.1 Å². The van der Waals surface area contributed by atoms with E-state index in [2.05, 4.69) is 49.7 Å². The van der Waals surface area contributed by atoms with Crippen molar-refractivity contribution in [3.63, 3.8) is 0 Å². The third-order valence-electron chi connectivity index (χ3n) is 11.4. The Morgan fingerprint density at radius 2 is 0.875 bits per heavy atom. The minimum atomic E-state index is -1.58. The highest BCUT2D eigenvalue weighted by Crippen LogP contribution is 2.38. The highest BCUT2D eigenvalue weighted by molar-refractivity contribution is 6.76. The fourth-order valence-corrected chi connectivity index (χ4v) is 8.67. The molecule has 20 heteroatoms. The molecule has 6 rings (SSSR count). The van der Waals surface area contributed by atoms with Gasteiger partial charge in [-0.2, -0.15) is 0 Å². The van der Waals surface area contributed by atoms with Gasteiger partial charge in [-0.3, -0.25) is 0 Å². The van der Waals surface area contributed by atoms with Crippen LogP contribution in [0, 0.1) is 0 Å². The average Bonchev–Trinajstić information content (AvgIpc) is 3.28. The maximum absolute atomic E-state index is 12.1. The first kappa shape index (κ1) is 48.9. The van der Waals surface area contributed by atoms with E-state index in [0.717, 1.165) is 22.7 Å². The van der Waals surface area contributed by atoms with Gasteiger partial charge in [-0.15, -0.1) is 0 Å². The third-order valence-corrected chi connectivity index (χ3v) is 13.1. The number of aliphatic hydroxyl groups is 1. The van der Waals surface area contributed by atoms with Crippen molar-refractivity contribution in [2.24, 2.45) is 15.3 Å². The molecule has 3 aliphatic heterocycles. The molecule has 0 aliphatic carbocycles. The minimum absolute atomic E-state index is 0.0722. The van der Waals surface area contributed by atoms with E-state index in [1.165, 1.54) is 0 Å². The quantitative estimate of drug-likeness (QED) is 0.0490. The Hall–Kier alpha value is -4.59. The standard InChI is InChI=1S/C44H59N9O10Si/c1-27-33(48-51-45)37(56-24-30-16-10-7-11-17-30)36(54)42(59-27)62-41-39(58-26-32-20-14-9-15-21-32)35(50-53-47)29(3)61-44(41)63-40-38(57-25-31-18-12-8-13-19-31)34(49-52-46)28(2)60-43(40)55-22-23-64(4,5)6/h7-21,27-29,33-44,54H,22-26H2,1-6H3/t27-,28-,29-,33-,34-,35-,36+,37+,38+,39+,40+,41+,42-,43+,44-/m1/s1. The monoisotopic (exact) mass is 901 g/mol. The van der Waals surface area contributed by atoms with Crippen LogP contribution in [-0.2, 0) is 62.5 Å². The lowest BCUT2D eigenvalue weighted by Gasteiger charge is -2.50. The van der Waals surface area contributed by atoms with Crippen molar-refractivity contribution >= 4 is 8.07 Å². The molecular formula is C44H59N9O10Si. The second-order valence-corrected chi connectivity index (χ2v) is 23.0. The first-order valence-electron chi connectivity index (χ1n) is 21.6. The molecule has 344 valence electrons. The molecule has 3 fully saturated rings. The second kappa shape index (κ2) is 23.5. The average molecular weight is 902 g/mol. The van der Waals surface area contributed by atoms with Crippen molar-refractivity contribution < 1.29 is 47.7 Å². The van der Waals surface area contributed by atoms with Crippen LogP contribution in [0.15, 0.2) is 106 Å². The topological polar surface area (TPSA) is 250 Å². The number of aliphatic hydroxyl groups excluding tert-OH is 1. The lowest BCUT2D eigenvalue weighted by atomic mass is 9.94. The van der Waals surface area contributed by atoms with Gasteiger partial charge in [-0.1, -0.05) is 126 Å². The predicted octanol–water partition coefficient (Wildman–Crippen LogP) is 8.50.